The number of carbonyl (C=O) groups excluding carboxylic acids is 2. The third kappa shape index (κ3) is 4.84. The smallest absolute Gasteiger partial charge is 0.262 e. The van der Waals surface area contributed by atoms with Crippen molar-refractivity contribution >= 4 is 23.2 Å². The summed E-state index contributed by atoms with van der Waals surface area (Å²) in [7, 11) is 1.57. The van der Waals surface area contributed by atoms with Crippen molar-refractivity contribution in [2.75, 3.05) is 37.1 Å². The second kappa shape index (κ2) is 9.07. The van der Waals surface area contributed by atoms with Crippen LogP contribution in [0.25, 0.3) is 0 Å². The average Bonchev–Trinajstić information content (AvgIpc) is 2.83. The zero-order valence-corrected chi connectivity index (χ0v) is 17.9. The van der Waals surface area contributed by atoms with Gasteiger partial charge < -0.3 is 24.4 Å². The fourth-order valence-electron chi connectivity index (χ4n) is 3.21. The van der Waals surface area contributed by atoms with Crippen molar-refractivity contribution in [3.8, 4) is 17.2 Å². The lowest BCUT2D eigenvalue weighted by atomic mass is 9.93. The van der Waals surface area contributed by atoms with Crippen LogP contribution >= 0.6 is 0 Å². The first kappa shape index (κ1) is 21.5. The minimum absolute atomic E-state index is 0.00735. The van der Waals surface area contributed by atoms with Gasteiger partial charge in [-0.25, -0.2) is 0 Å². The van der Waals surface area contributed by atoms with E-state index < -0.39 is 5.41 Å². The molecular weight excluding hydrogens is 384 g/mol. The summed E-state index contributed by atoms with van der Waals surface area (Å²) in [6.07, 6.45) is 0.812. The molecule has 0 saturated heterocycles. The van der Waals surface area contributed by atoms with Gasteiger partial charge in [-0.3, -0.25) is 9.59 Å². The highest BCUT2D eigenvalue weighted by Gasteiger charge is 2.37. The third-order valence-corrected chi connectivity index (χ3v) is 4.80. The Balaban J connectivity index is 1.73. The molecule has 7 heteroatoms. The number of benzene rings is 2. The summed E-state index contributed by atoms with van der Waals surface area (Å²) in [5.74, 6) is 1.53. The quantitative estimate of drug-likeness (QED) is 0.747. The summed E-state index contributed by atoms with van der Waals surface area (Å²) >= 11 is 0. The van der Waals surface area contributed by atoms with Crippen LogP contribution in [0, 0.1) is 5.41 Å². The fraction of sp³-hybridized carbons (Fsp3) is 0.391. The highest BCUT2D eigenvalue weighted by atomic mass is 16.5. The molecule has 160 valence electrons. The lowest BCUT2D eigenvalue weighted by Crippen LogP contribution is -2.42. The first-order valence-electron chi connectivity index (χ1n) is 9.99. The average molecular weight is 412 g/mol. The number of hydrogen-bond acceptors (Lipinski definition) is 5. The summed E-state index contributed by atoms with van der Waals surface area (Å²) < 4.78 is 16.6. The molecule has 0 aromatic heterocycles. The Labute approximate surface area is 176 Å². The molecular formula is C23H28N2O5. The van der Waals surface area contributed by atoms with Gasteiger partial charge in [0.25, 0.3) is 5.91 Å². The number of amides is 2. The zero-order chi connectivity index (χ0) is 21.7. The van der Waals surface area contributed by atoms with Gasteiger partial charge >= 0.3 is 0 Å². The standard InChI is InChI=1S/C23H28N2O5/c1-5-11-25-19-12-16(9-10-20(19)30-15-23(2,3)22(25)27)24-21(26)14-29-18-8-6-7-17(13-18)28-4/h6-10,12-13H,5,11,14-15H2,1-4H3,(H,24,26). The highest BCUT2D eigenvalue weighted by molar-refractivity contribution is 6.00. The Bertz CT molecular complexity index is 926. The van der Waals surface area contributed by atoms with E-state index in [1.165, 1.54) is 0 Å². The molecule has 0 radical (unpaired) electrons. The van der Waals surface area contributed by atoms with Crippen LogP contribution in [0.5, 0.6) is 17.2 Å². The molecule has 1 aliphatic heterocycles. The highest BCUT2D eigenvalue weighted by Crippen LogP contribution is 2.38. The molecule has 2 aromatic rings. The molecule has 0 atom stereocenters. The molecule has 0 saturated carbocycles. The van der Waals surface area contributed by atoms with Crippen LogP contribution in [0.15, 0.2) is 42.5 Å². The molecule has 1 aliphatic rings. The molecule has 7 nitrogen and oxygen atoms in total. The Hall–Kier alpha value is -3.22. The number of methoxy groups -OCH3 is 1. The number of anilines is 2. The van der Waals surface area contributed by atoms with E-state index in [-0.39, 0.29) is 18.4 Å². The summed E-state index contributed by atoms with van der Waals surface area (Å²) in [5, 5.41) is 2.82. The lowest BCUT2D eigenvalue weighted by Gasteiger charge is -2.27. The van der Waals surface area contributed by atoms with Crippen LogP contribution in [0.2, 0.25) is 0 Å². The minimum Gasteiger partial charge on any atom is -0.497 e. The van der Waals surface area contributed by atoms with Crippen molar-refractivity contribution in [1.82, 2.24) is 0 Å². The summed E-state index contributed by atoms with van der Waals surface area (Å²) in [5.41, 5.74) is 0.617. The van der Waals surface area contributed by atoms with E-state index in [0.29, 0.717) is 41.8 Å². The number of hydrogen-bond donors (Lipinski definition) is 1. The van der Waals surface area contributed by atoms with Crippen molar-refractivity contribution in [2.24, 2.45) is 5.41 Å². The normalized spacial score (nSPS) is 14.9. The Kier molecular flexibility index (Phi) is 6.50. The molecule has 0 unspecified atom stereocenters. The van der Waals surface area contributed by atoms with Crippen LogP contribution in [-0.2, 0) is 9.59 Å². The monoisotopic (exact) mass is 412 g/mol. The van der Waals surface area contributed by atoms with Gasteiger partial charge in [0.05, 0.1) is 18.2 Å². The van der Waals surface area contributed by atoms with Crippen LogP contribution in [0.4, 0.5) is 11.4 Å². The maximum atomic E-state index is 13.0. The van der Waals surface area contributed by atoms with Crippen LogP contribution in [0.3, 0.4) is 0 Å². The summed E-state index contributed by atoms with van der Waals surface area (Å²) in [4.78, 5) is 27.1. The Morgan fingerprint density at radius 3 is 2.70 bits per heavy atom. The van der Waals surface area contributed by atoms with E-state index in [4.69, 9.17) is 14.2 Å². The number of rotatable bonds is 7. The van der Waals surface area contributed by atoms with Crippen molar-refractivity contribution < 1.29 is 23.8 Å². The largest absolute Gasteiger partial charge is 0.497 e. The van der Waals surface area contributed by atoms with E-state index in [0.717, 1.165) is 6.42 Å². The second-order valence-electron chi connectivity index (χ2n) is 7.83. The molecule has 30 heavy (non-hydrogen) atoms. The topological polar surface area (TPSA) is 77.1 Å². The van der Waals surface area contributed by atoms with Crippen molar-refractivity contribution in [3.05, 3.63) is 42.5 Å². The first-order valence-corrected chi connectivity index (χ1v) is 9.99. The zero-order valence-electron chi connectivity index (χ0n) is 17.9. The number of nitrogens with one attached hydrogen (secondary N) is 1. The minimum atomic E-state index is -0.623. The third-order valence-electron chi connectivity index (χ3n) is 4.80. The molecule has 0 spiro atoms. The van der Waals surface area contributed by atoms with Gasteiger partial charge in [-0.1, -0.05) is 13.0 Å². The molecule has 3 rings (SSSR count). The van der Waals surface area contributed by atoms with E-state index in [1.54, 1.807) is 54.5 Å². The Morgan fingerprint density at radius 1 is 1.20 bits per heavy atom. The van der Waals surface area contributed by atoms with Gasteiger partial charge in [0.15, 0.2) is 6.61 Å². The maximum absolute atomic E-state index is 13.0. The van der Waals surface area contributed by atoms with Crippen molar-refractivity contribution in [3.63, 3.8) is 0 Å². The van der Waals surface area contributed by atoms with Crippen LogP contribution < -0.4 is 24.4 Å². The molecule has 0 aliphatic carbocycles. The lowest BCUT2D eigenvalue weighted by molar-refractivity contribution is -0.127. The van der Waals surface area contributed by atoms with E-state index in [2.05, 4.69) is 5.32 Å². The van der Waals surface area contributed by atoms with Gasteiger partial charge in [0.2, 0.25) is 5.91 Å². The summed E-state index contributed by atoms with van der Waals surface area (Å²) in [6.45, 7) is 6.51. The van der Waals surface area contributed by atoms with Crippen molar-refractivity contribution in [1.29, 1.82) is 0 Å². The number of nitrogens with zero attached hydrogens (tertiary/aromatic N) is 1. The number of ether oxygens (including phenoxy) is 3. The number of fused-ring (bicyclic) bond motifs is 1. The summed E-state index contributed by atoms with van der Waals surface area (Å²) in [6, 6.07) is 12.4. The molecule has 0 fully saturated rings. The predicted molar refractivity (Wildman–Crippen MR) is 115 cm³/mol. The molecule has 1 N–H and O–H groups in total. The molecule has 1 heterocycles. The predicted octanol–water partition coefficient (Wildman–Crippen LogP) is 3.87. The fourth-order valence-corrected chi connectivity index (χ4v) is 3.21. The number of carbonyl (C=O) groups is 2. The van der Waals surface area contributed by atoms with Crippen molar-refractivity contribution in [2.45, 2.75) is 27.2 Å². The van der Waals surface area contributed by atoms with Gasteiger partial charge in [0, 0.05) is 18.3 Å². The van der Waals surface area contributed by atoms with Gasteiger partial charge in [-0.05, 0) is 50.6 Å². The van der Waals surface area contributed by atoms with E-state index in [1.807, 2.05) is 20.8 Å². The molecule has 2 amide bonds. The Morgan fingerprint density at radius 2 is 1.97 bits per heavy atom. The first-order chi connectivity index (χ1) is 14.3. The van der Waals surface area contributed by atoms with Gasteiger partial charge in [0.1, 0.15) is 23.9 Å². The SMILES string of the molecule is CCCN1C(=O)C(C)(C)COc2ccc(NC(=O)COc3cccc(OC)c3)cc21. The molecule has 2 aromatic carbocycles. The maximum Gasteiger partial charge on any atom is 0.262 e. The van der Waals surface area contributed by atoms with E-state index in [9.17, 15) is 9.59 Å². The van der Waals surface area contributed by atoms with E-state index >= 15 is 0 Å². The molecule has 0 bridgehead atoms. The second-order valence-corrected chi connectivity index (χ2v) is 7.83. The van der Waals surface area contributed by atoms with Gasteiger partial charge in [-0.15, -0.1) is 0 Å². The van der Waals surface area contributed by atoms with Gasteiger partial charge in [-0.2, -0.15) is 0 Å². The van der Waals surface area contributed by atoms with Crippen LogP contribution in [-0.4, -0.2) is 38.7 Å². The van der Waals surface area contributed by atoms with Crippen LogP contribution in [0.1, 0.15) is 27.2 Å².